The first-order chi connectivity index (χ1) is 10.2. The lowest BCUT2D eigenvalue weighted by atomic mass is 10.0. The molecule has 1 aliphatic carbocycles. The van der Waals surface area contributed by atoms with Gasteiger partial charge in [0.1, 0.15) is 17.7 Å². The van der Waals surface area contributed by atoms with Crippen molar-refractivity contribution in [1.82, 2.24) is 0 Å². The van der Waals surface area contributed by atoms with E-state index in [1.54, 1.807) is 12.2 Å². The molecule has 0 aromatic heterocycles. The molecule has 0 fully saturated rings. The van der Waals surface area contributed by atoms with Crippen LogP contribution in [0.15, 0.2) is 65.8 Å². The van der Waals surface area contributed by atoms with Gasteiger partial charge in [0.2, 0.25) is 0 Å². The lowest BCUT2D eigenvalue weighted by Crippen LogP contribution is -2.08. The fourth-order valence-corrected chi connectivity index (χ4v) is 2.01. The molecule has 0 bridgehead atoms. The average Bonchev–Trinajstić information content (AvgIpc) is 2.75. The molecule has 0 heterocycles. The van der Waals surface area contributed by atoms with Crippen LogP contribution in [0.1, 0.15) is 5.56 Å². The second-order valence-corrected chi connectivity index (χ2v) is 4.81. The third-order valence-corrected chi connectivity index (χ3v) is 3.22. The maximum Gasteiger partial charge on any atom is 0.136 e. The molecule has 1 aromatic carbocycles. The highest BCUT2D eigenvalue weighted by atomic mass is 15.1. The number of nitrogens with zero attached hydrogens (tertiary/aromatic N) is 3. The summed E-state index contributed by atoms with van der Waals surface area (Å²) in [4.78, 5) is 2.05. The number of benzene rings is 1. The summed E-state index contributed by atoms with van der Waals surface area (Å²) < 4.78 is 0. The lowest BCUT2D eigenvalue weighted by molar-refractivity contribution is 1.13. The van der Waals surface area contributed by atoms with E-state index in [2.05, 4.69) is 24.3 Å². The highest BCUT2D eigenvalue weighted by Crippen LogP contribution is 2.23. The van der Waals surface area contributed by atoms with Crippen LogP contribution in [0, 0.1) is 22.7 Å². The molecule has 0 saturated heterocycles. The first kappa shape index (κ1) is 14.4. The molecule has 0 aliphatic heterocycles. The Morgan fingerprint density at radius 3 is 2.19 bits per heavy atom. The standard InChI is InChI=1S/C18H15N3/c1-21(2)18-10-8-16(9-11-18)14-4-3-5-15(7-6-14)17(12-19)13-20/h3-11H,1-2H3. The Hall–Kier alpha value is -3.04. The minimum absolute atomic E-state index is 0.125. The smallest absolute Gasteiger partial charge is 0.136 e. The lowest BCUT2D eigenvalue weighted by Gasteiger charge is -2.12. The van der Waals surface area contributed by atoms with Crippen LogP contribution >= 0.6 is 0 Å². The first-order valence-corrected chi connectivity index (χ1v) is 6.54. The van der Waals surface area contributed by atoms with Gasteiger partial charge in [0.25, 0.3) is 0 Å². The van der Waals surface area contributed by atoms with E-state index in [0.29, 0.717) is 5.57 Å². The maximum atomic E-state index is 8.92. The predicted molar refractivity (Wildman–Crippen MR) is 85.3 cm³/mol. The summed E-state index contributed by atoms with van der Waals surface area (Å²) in [7, 11) is 4.01. The number of hydrogen-bond acceptors (Lipinski definition) is 3. The summed E-state index contributed by atoms with van der Waals surface area (Å²) in [5, 5.41) is 17.8. The van der Waals surface area contributed by atoms with Gasteiger partial charge in [0, 0.05) is 25.4 Å². The molecular weight excluding hydrogens is 258 g/mol. The Balaban J connectivity index is 2.32. The van der Waals surface area contributed by atoms with Crippen molar-refractivity contribution in [1.29, 1.82) is 10.5 Å². The fraction of sp³-hybridized carbons (Fsp3) is 0.111. The van der Waals surface area contributed by atoms with Gasteiger partial charge in [-0.1, -0.05) is 42.5 Å². The van der Waals surface area contributed by atoms with Gasteiger partial charge in [-0.15, -0.1) is 0 Å². The Kier molecular flexibility index (Phi) is 4.39. The minimum atomic E-state index is 0.125. The second kappa shape index (κ2) is 6.41. The van der Waals surface area contributed by atoms with Crippen molar-refractivity contribution in [2.45, 2.75) is 0 Å². The normalized spacial score (nSPS) is 13.0. The van der Waals surface area contributed by atoms with Crippen molar-refractivity contribution < 1.29 is 0 Å². The molecule has 0 spiro atoms. The molecule has 3 nitrogen and oxygen atoms in total. The summed E-state index contributed by atoms with van der Waals surface area (Å²) in [5.41, 5.74) is 4.04. The molecule has 21 heavy (non-hydrogen) atoms. The molecule has 3 heteroatoms. The molecule has 0 saturated carbocycles. The molecule has 0 unspecified atom stereocenters. The van der Waals surface area contributed by atoms with Crippen LogP contribution in [-0.2, 0) is 0 Å². The van der Waals surface area contributed by atoms with Crippen molar-refractivity contribution in [3.05, 3.63) is 71.4 Å². The van der Waals surface area contributed by atoms with E-state index in [4.69, 9.17) is 10.5 Å². The van der Waals surface area contributed by atoms with Crippen LogP contribution < -0.4 is 4.90 Å². The zero-order chi connectivity index (χ0) is 15.2. The largest absolute Gasteiger partial charge is 0.378 e. The molecule has 1 aliphatic rings. The van der Waals surface area contributed by atoms with E-state index in [1.807, 2.05) is 49.4 Å². The van der Waals surface area contributed by atoms with E-state index < -0.39 is 0 Å². The van der Waals surface area contributed by atoms with Crippen molar-refractivity contribution >= 4 is 11.3 Å². The highest BCUT2D eigenvalue weighted by Gasteiger charge is 2.04. The topological polar surface area (TPSA) is 50.8 Å². The van der Waals surface area contributed by atoms with E-state index in [1.165, 1.54) is 0 Å². The molecule has 0 amide bonds. The van der Waals surface area contributed by atoms with Crippen LogP contribution in [-0.4, -0.2) is 14.1 Å². The van der Waals surface area contributed by atoms with Gasteiger partial charge in [-0.05, 0) is 23.3 Å². The van der Waals surface area contributed by atoms with Gasteiger partial charge in [-0.3, -0.25) is 0 Å². The number of rotatable bonds is 2. The molecule has 0 radical (unpaired) electrons. The van der Waals surface area contributed by atoms with E-state index in [0.717, 1.165) is 16.8 Å². The van der Waals surface area contributed by atoms with Gasteiger partial charge < -0.3 is 4.90 Å². The third-order valence-electron chi connectivity index (χ3n) is 3.22. The van der Waals surface area contributed by atoms with Crippen molar-refractivity contribution in [2.75, 3.05) is 19.0 Å². The average molecular weight is 273 g/mol. The first-order valence-electron chi connectivity index (χ1n) is 6.54. The molecule has 0 N–H and O–H groups in total. The quantitative estimate of drug-likeness (QED) is 0.773. The Labute approximate surface area is 125 Å². The summed E-state index contributed by atoms with van der Waals surface area (Å²) >= 11 is 0. The Morgan fingerprint density at radius 2 is 1.62 bits per heavy atom. The van der Waals surface area contributed by atoms with Crippen LogP contribution in [0.2, 0.25) is 0 Å². The summed E-state index contributed by atoms with van der Waals surface area (Å²) in [6, 6.07) is 12.1. The molecule has 0 atom stereocenters. The van der Waals surface area contributed by atoms with Crippen LogP contribution in [0.3, 0.4) is 0 Å². The number of allylic oxidation sites excluding steroid dienone is 8. The molecular formula is C18H15N3. The Morgan fingerprint density at radius 1 is 0.952 bits per heavy atom. The van der Waals surface area contributed by atoms with Gasteiger partial charge >= 0.3 is 0 Å². The zero-order valence-electron chi connectivity index (χ0n) is 12.0. The van der Waals surface area contributed by atoms with E-state index in [9.17, 15) is 0 Å². The Bertz CT molecular complexity index is 714. The molecule has 1 aromatic rings. The number of anilines is 1. The maximum absolute atomic E-state index is 8.92. The summed E-state index contributed by atoms with van der Waals surface area (Å²) in [5.74, 6) is 0. The van der Waals surface area contributed by atoms with Crippen LogP contribution in [0.4, 0.5) is 5.69 Å². The highest BCUT2D eigenvalue weighted by molar-refractivity contribution is 5.78. The van der Waals surface area contributed by atoms with Crippen LogP contribution in [0.5, 0.6) is 0 Å². The minimum Gasteiger partial charge on any atom is -0.378 e. The van der Waals surface area contributed by atoms with Crippen LogP contribution in [0.25, 0.3) is 5.57 Å². The van der Waals surface area contributed by atoms with Gasteiger partial charge in [-0.25, -0.2) is 0 Å². The number of hydrogen-bond donors (Lipinski definition) is 0. The van der Waals surface area contributed by atoms with Crippen molar-refractivity contribution in [3.8, 4) is 12.1 Å². The fourth-order valence-electron chi connectivity index (χ4n) is 2.01. The SMILES string of the molecule is CN(C)c1ccc(C2=CC=CC(=C(C#N)C#N)C=C2)cc1. The molecule has 2 rings (SSSR count). The van der Waals surface area contributed by atoms with Gasteiger partial charge in [0.05, 0.1) is 0 Å². The van der Waals surface area contributed by atoms with Gasteiger partial charge in [0.15, 0.2) is 0 Å². The number of nitriles is 2. The van der Waals surface area contributed by atoms with E-state index >= 15 is 0 Å². The van der Waals surface area contributed by atoms with Crippen molar-refractivity contribution in [3.63, 3.8) is 0 Å². The predicted octanol–water partition coefficient (Wildman–Crippen LogP) is 3.61. The monoisotopic (exact) mass is 273 g/mol. The van der Waals surface area contributed by atoms with Crippen molar-refractivity contribution in [2.24, 2.45) is 0 Å². The molecule has 102 valence electrons. The second-order valence-electron chi connectivity index (χ2n) is 4.81. The summed E-state index contributed by atoms with van der Waals surface area (Å²) in [6.07, 6.45) is 9.34. The van der Waals surface area contributed by atoms with E-state index in [-0.39, 0.29) is 5.57 Å². The van der Waals surface area contributed by atoms with Gasteiger partial charge in [-0.2, -0.15) is 10.5 Å². The zero-order valence-corrected chi connectivity index (χ0v) is 12.0. The summed E-state index contributed by atoms with van der Waals surface area (Å²) in [6.45, 7) is 0. The third kappa shape index (κ3) is 3.29.